The van der Waals surface area contributed by atoms with Crippen molar-refractivity contribution in [2.75, 3.05) is 0 Å². The molecule has 0 bridgehead atoms. The number of benzene rings is 11. The molecule has 0 saturated carbocycles. The third-order valence-corrected chi connectivity index (χ3v) is 19.6. The Hall–Kier alpha value is -10.6. The number of aromatic nitrogens is 4. The van der Waals surface area contributed by atoms with Gasteiger partial charge in [0.2, 0.25) is 0 Å². The van der Waals surface area contributed by atoms with Crippen molar-refractivity contribution in [2.24, 2.45) is 0 Å². The van der Waals surface area contributed by atoms with E-state index in [1.54, 1.807) is 0 Å². The molecule has 13 rings (SSSR count). The topological polar surface area (TPSA) is 71.8 Å². The quantitative estimate of drug-likeness (QED) is 0.0735. The molecule has 0 aliphatic heterocycles. The van der Waals surface area contributed by atoms with Gasteiger partial charge in [0, 0.05) is 33.0 Å². The van der Waals surface area contributed by atoms with Crippen LogP contribution < -0.4 is 20.7 Å². The zero-order valence-electron chi connectivity index (χ0n) is 42.2. The van der Waals surface area contributed by atoms with Crippen LogP contribution in [-0.2, 0) is 0 Å². The average molecular weight is 1010 g/mol. The summed E-state index contributed by atoms with van der Waals surface area (Å²) in [4.78, 5) is 19.3. The number of nitriles is 1. The lowest BCUT2D eigenvalue weighted by Gasteiger charge is -2.34. The molecule has 0 aliphatic rings. The smallest absolute Gasteiger partial charge is 0.187 e. The molecular formula is C71H46N6Si. The Labute approximate surface area is 454 Å². The van der Waals surface area contributed by atoms with Gasteiger partial charge >= 0.3 is 0 Å². The van der Waals surface area contributed by atoms with Gasteiger partial charge in [-0.15, -0.1) is 0 Å². The lowest BCUT2D eigenvalue weighted by Crippen LogP contribution is -2.74. The third-order valence-electron chi connectivity index (χ3n) is 14.9. The van der Waals surface area contributed by atoms with E-state index >= 15 is 0 Å². The van der Waals surface area contributed by atoms with Crippen LogP contribution in [-0.4, -0.2) is 27.6 Å². The molecule has 11 aromatic carbocycles. The van der Waals surface area contributed by atoms with Gasteiger partial charge in [0.25, 0.3) is 0 Å². The number of fused-ring (bicyclic) bond motifs is 3. The van der Waals surface area contributed by atoms with E-state index < -0.39 is 8.07 Å². The Morgan fingerprint density at radius 2 is 0.769 bits per heavy atom. The Morgan fingerprint density at radius 3 is 1.24 bits per heavy atom. The molecule has 364 valence electrons. The lowest BCUT2D eigenvalue weighted by atomic mass is 10.00. The number of nitrogens with zero attached hydrogens (tertiary/aromatic N) is 6. The van der Waals surface area contributed by atoms with Crippen LogP contribution in [0.3, 0.4) is 0 Å². The highest BCUT2D eigenvalue weighted by atomic mass is 28.3. The van der Waals surface area contributed by atoms with E-state index in [1.807, 2.05) is 109 Å². The normalized spacial score (nSPS) is 11.3. The molecule has 0 fully saturated rings. The lowest BCUT2D eigenvalue weighted by molar-refractivity contribution is 1.07. The van der Waals surface area contributed by atoms with Gasteiger partial charge in [-0.05, 0) is 78.9 Å². The van der Waals surface area contributed by atoms with Crippen LogP contribution in [0.25, 0.3) is 99.9 Å². The van der Waals surface area contributed by atoms with Crippen LogP contribution in [0.5, 0.6) is 0 Å². The van der Waals surface area contributed by atoms with E-state index in [0.29, 0.717) is 28.7 Å². The van der Waals surface area contributed by atoms with Crippen molar-refractivity contribution in [3.63, 3.8) is 0 Å². The molecule has 0 radical (unpaired) electrons. The molecule has 0 aliphatic carbocycles. The molecule has 0 saturated heterocycles. The summed E-state index contributed by atoms with van der Waals surface area (Å²) in [5.74, 6) is 1.71. The summed E-state index contributed by atoms with van der Waals surface area (Å²) in [6.45, 7) is 7.67. The van der Waals surface area contributed by atoms with E-state index in [2.05, 4.69) is 185 Å². The minimum absolute atomic E-state index is 0.549. The molecule has 2 aromatic heterocycles. The second kappa shape index (κ2) is 20.3. The number of hydrogen-bond acceptors (Lipinski definition) is 4. The van der Waals surface area contributed by atoms with Gasteiger partial charge in [-0.2, -0.15) is 5.26 Å². The van der Waals surface area contributed by atoms with E-state index in [9.17, 15) is 5.26 Å². The van der Waals surface area contributed by atoms with Gasteiger partial charge in [-0.3, -0.25) is 0 Å². The second-order valence-electron chi connectivity index (χ2n) is 19.3. The van der Waals surface area contributed by atoms with Crippen LogP contribution in [0.15, 0.2) is 279 Å². The Morgan fingerprint density at radius 1 is 0.359 bits per heavy atom. The fourth-order valence-electron chi connectivity index (χ4n) is 11.1. The molecule has 6 nitrogen and oxygen atoms in total. The molecule has 0 atom stereocenters. The highest BCUT2D eigenvalue weighted by Crippen LogP contribution is 2.41. The summed E-state index contributed by atoms with van der Waals surface area (Å²) in [7, 11) is -2.95. The van der Waals surface area contributed by atoms with E-state index in [1.165, 1.54) is 20.7 Å². The minimum Gasteiger partial charge on any atom is -0.309 e. The number of hydrogen-bond donors (Lipinski definition) is 0. The summed E-state index contributed by atoms with van der Waals surface area (Å²) >= 11 is 0. The average Bonchev–Trinajstić information content (AvgIpc) is 4.07. The molecule has 0 spiro atoms. The molecule has 78 heavy (non-hydrogen) atoms. The first-order valence-corrected chi connectivity index (χ1v) is 27.9. The first kappa shape index (κ1) is 47.2. The van der Waals surface area contributed by atoms with Crippen molar-refractivity contribution in [1.82, 2.24) is 19.5 Å². The SMILES string of the molecule is [C-]#[N+]c1ccc(-c2ccc3c4ccc(-c5ccc(C#N)cc5)cc4n(-c4cc(-c5nc(-c6ccccc6)nc(-c6ccccc6)n5)ccc4-c4cccc([Si](c5ccccc5)(c5ccccc5)c5ccccc5)c4)c3c2)cc1. The highest BCUT2D eigenvalue weighted by Gasteiger charge is 2.41. The van der Waals surface area contributed by atoms with Crippen molar-refractivity contribution in [3.05, 3.63) is 296 Å². The largest absolute Gasteiger partial charge is 0.309 e. The van der Waals surface area contributed by atoms with E-state index in [4.69, 9.17) is 21.5 Å². The van der Waals surface area contributed by atoms with Gasteiger partial charge in [0.1, 0.15) is 0 Å². The standard InChI is InChI=1S/C71H46N6Si/c1-73-58-39-34-51(35-40-58)55-37-43-65-64-42-36-54(50-32-30-49(48-72)31-33-50)45-67(64)77(68(65)46-55)66-47-57(71-75-69(52-18-7-2-8-19-52)74-70(76-71)53-20-9-3-10-21-53)38-41-63(66)56-22-17-29-62(44-56)78(59-23-11-4-12-24-59,60-25-13-5-14-26-60)61-27-15-6-16-28-61/h2-47H. The first-order valence-electron chi connectivity index (χ1n) is 25.9. The van der Waals surface area contributed by atoms with E-state index in [0.717, 1.165) is 77.6 Å². The Bertz CT molecular complexity index is 4150. The van der Waals surface area contributed by atoms with Crippen molar-refractivity contribution in [1.29, 1.82) is 5.26 Å². The fraction of sp³-hybridized carbons (Fsp3) is 0. The molecule has 7 heteroatoms. The van der Waals surface area contributed by atoms with Crippen LogP contribution in [0, 0.1) is 17.9 Å². The summed E-state index contributed by atoms with van der Waals surface area (Å²) < 4.78 is 2.41. The summed E-state index contributed by atoms with van der Waals surface area (Å²) in [5.41, 5.74) is 12.9. The van der Waals surface area contributed by atoms with Crippen LogP contribution >= 0.6 is 0 Å². The fourth-order valence-corrected chi connectivity index (χ4v) is 15.9. The van der Waals surface area contributed by atoms with Gasteiger partial charge in [0.05, 0.1) is 34.9 Å². The number of rotatable bonds is 11. The van der Waals surface area contributed by atoms with E-state index in [-0.39, 0.29) is 0 Å². The van der Waals surface area contributed by atoms with Crippen LogP contribution in [0.4, 0.5) is 5.69 Å². The van der Waals surface area contributed by atoms with Gasteiger partial charge in [-0.25, -0.2) is 19.8 Å². The van der Waals surface area contributed by atoms with Crippen molar-refractivity contribution in [3.8, 4) is 79.3 Å². The first-order chi connectivity index (χ1) is 38.5. The molecule has 0 N–H and O–H groups in total. The van der Waals surface area contributed by atoms with Crippen LogP contribution in [0.2, 0.25) is 0 Å². The predicted molar refractivity (Wildman–Crippen MR) is 321 cm³/mol. The van der Waals surface area contributed by atoms with Crippen LogP contribution in [0.1, 0.15) is 5.56 Å². The highest BCUT2D eigenvalue weighted by molar-refractivity contribution is 7.19. The predicted octanol–water partition coefficient (Wildman–Crippen LogP) is 14.8. The maximum absolute atomic E-state index is 9.74. The maximum Gasteiger partial charge on any atom is 0.187 e. The molecule has 0 amide bonds. The summed E-state index contributed by atoms with van der Waals surface area (Å²) in [5, 5.41) is 17.1. The molecular weight excluding hydrogens is 965 g/mol. The van der Waals surface area contributed by atoms with Crippen molar-refractivity contribution >= 4 is 56.3 Å². The summed E-state index contributed by atoms with van der Waals surface area (Å²) in [6, 6.07) is 100. The van der Waals surface area contributed by atoms with Crippen molar-refractivity contribution in [2.45, 2.75) is 0 Å². The molecule has 2 heterocycles. The van der Waals surface area contributed by atoms with Gasteiger partial charge < -0.3 is 4.57 Å². The molecule has 13 aromatic rings. The van der Waals surface area contributed by atoms with Gasteiger partial charge in [-0.1, -0.05) is 249 Å². The summed E-state index contributed by atoms with van der Waals surface area (Å²) in [6.07, 6.45) is 0. The molecule has 0 unspecified atom stereocenters. The Balaban J connectivity index is 1.12. The zero-order chi connectivity index (χ0) is 52.4. The minimum atomic E-state index is -2.95. The van der Waals surface area contributed by atoms with Gasteiger partial charge in [0.15, 0.2) is 31.2 Å². The maximum atomic E-state index is 9.74. The third kappa shape index (κ3) is 8.53. The second-order valence-corrected chi connectivity index (χ2v) is 23.2. The Kier molecular flexibility index (Phi) is 12.3. The van der Waals surface area contributed by atoms with Crippen molar-refractivity contribution < 1.29 is 0 Å². The monoisotopic (exact) mass is 1010 g/mol. The zero-order valence-corrected chi connectivity index (χ0v) is 43.2.